The first kappa shape index (κ1) is 18.3. The highest BCUT2D eigenvalue weighted by atomic mass is 32.2. The first-order valence-electron chi connectivity index (χ1n) is 6.61. The zero-order valence-electron chi connectivity index (χ0n) is 12.6. The summed E-state index contributed by atoms with van der Waals surface area (Å²) < 4.78 is 69.3. The fourth-order valence-electron chi connectivity index (χ4n) is 1.70. The third-order valence-corrected chi connectivity index (χ3v) is 3.83. The Morgan fingerprint density at radius 3 is 2.27 bits per heavy atom. The Morgan fingerprint density at radius 1 is 1.18 bits per heavy atom. The summed E-state index contributed by atoms with van der Waals surface area (Å²) in [6.07, 6.45) is -0.580. The minimum absolute atomic E-state index is 0.177. The predicted molar refractivity (Wildman–Crippen MR) is 76.5 cm³/mol. The number of rotatable bonds is 2. The molecule has 2 rings (SSSR count). The van der Waals surface area contributed by atoms with Crippen molar-refractivity contribution in [1.82, 2.24) is 0 Å². The number of ether oxygens (including phenoxy) is 1. The SMILES string of the molecule is CC.CC1=C(OS(=O)(=O)C(F)(F)F)c2ccccc2OC1C. The summed E-state index contributed by atoms with van der Waals surface area (Å²) in [4.78, 5) is 0. The lowest BCUT2D eigenvalue weighted by atomic mass is 10.0. The van der Waals surface area contributed by atoms with E-state index in [1.54, 1.807) is 19.1 Å². The van der Waals surface area contributed by atoms with Crippen LogP contribution in [0.2, 0.25) is 0 Å². The van der Waals surface area contributed by atoms with Gasteiger partial charge in [-0.15, -0.1) is 0 Å². The Balaban J connectivity index is 0.00000116. The van der Waals surface area contributed by atoms with Gasteiger partial charge in [0.2, 0.25) is 0 Å². The zero-order chi connectivity index (χ0) is 17.1. The smallest absolute Gasteiger partial charge is 0.485 e. The molecule has 0 saturated carbocycles. The van der Waals surface area contributed by atoms with E-state index in [0.717, 1.165) is 0 Å². The molecule has 0 amide bonds. The number of halogens is 3. The van der Waals surface area contributed by atoms with Crippen molar-refractivity contribution >= 4 is 15.9 Å². The lowest BCUT2D eigenvalue weighted by Gasteiger charge is -2.26. The molecule has 1 aromatic rings. The van der Waals surface area contributed by atoms with Crippen LogP contribution in [-0.4, -0.2) is 20.0 Å². The van der Waals surface area contributed by atoms with E-state index in [1.165, 1.54) is 19.1 Å². The molecule has 0 N–H and O–H groups in total. The number of hydrogen-bond acceptors (Lipinski definition) is 4. The van der Waals surface area contributed by atoms with Gasteiger partial charge in [0, 0.05) is 5.57 Å². The summed E-state index contributed by atoms with van der Waals surface area (Å²) in [5, 5.41) is 0. The molecular formula is C14H17F3O4S. The fourth-order valence-corrected chi connectivity index (χ4v) is 2.24. The predicted octanol–water partition coefficient (Wildman–Crippen LogP) is 4.09. The number of hydrogen-bond donors (Lipinski definition) is 0. The van der Waals surface area contributed by atoms with Gasteiger partial charge in [0.15, 0.2) is 5.76 Å². The minimum Gasteiger partial charge on any atom is -0.485 e. The number of para-hydroxylation sites is 1. The summed E-state index contributed by atoms with van der Waals surface area (Å²) >= 11 is 0. The van der Waals surface area contributed by atoms with Crippen LogP contribution >= 0.6 is 0 Å². The third kappa shape index (κ3) is 3.55. The van der Waals surface area contributed by atoms with E-state index >= 15 is 0 Å². The van der Waals surface area contributed by atoms with E-state index in [1.807, 2.05) is 13.8 Å². The second kappa shape index (κ2) is 6.60. The van der Waals surface area contributed by atoms with Gasteiger partial charge >= 0.3 is 15.6 Å². The molecule has 0 aromatic heterocycles. The van der Waals surface area contributed by atoms with Gasteiger partial charge in [0.1, 0.15) is 11.9 Å². The lowest BCUT2D eigenvalue weighted by molar-refractivity contribution is -0.0510. The second-order valence-corrected chi connectivity index (χ2v) is 5.79. The highest BCUT2D eigenvalue weighted by Crippen LogP contribution is 2.39. The van der Waals surface area contributed by atoms with Crippen LogP contribution in [0.3, 0.4) is 0 Å². The van der Waals surface area contributed by atoms with Gasteiger partial charge in [-0.2, -0.15) is 21.6 Å². The molecule has 1 aliphatic rings. The van der Waals surface area contributed by atoms with Crippen molar-refractivity contribution in [3.05, 3.63) is 35.4 Å². The maximum atomic E-state index is 12.4. The standard InChI is InChI=1S/C12H11F3O4S.C2H6/c1-7-8(2)18-10-6-4-3-5-9(10)11(7)19-20(16,17)12(13,14)15;1-2/h3-6,8H,1-2H3;1-2H3. The van der Waals surface area contributed by atoms with Crippen molar-refractivity contribution in [2.45, 2.75) is 39.3 Å². The van der Waals surface area contributed by atoms with E-state index < -0.39 is 21.7 Å². The average molecular weight is 338 g/mol. The molecule has 1 aromatic carbocycles. The van der Waals surface area contributed by atoms with Gasteiger partial charge in [-0.25, -0.2) is 0 Å². The van der Waals surface area contributed by atoms with Gasteiger partial charge in [-0.1, -0.05) is 26.0 Å². The van der Waals surface area contributed by atoms with Gasteiger partial charge in [-0.3, -0.25) is 0 Å². The van der Waals surface area contributed by atoms with Crippen LogP contribution in [-0.2, 0) is 14.3 Å². The number of alkyl halides is 3. The van der Waals surface area contributed by atoms with Gasteiger partial charge in [-0.05, 0) is 26.0 Å². The fraction of sp³-hybridized carbons (Fsp3) is 0.429. The van der Waals surface area contributed by atoms with Crippen LogP contribution in [0, 0.1) is 0 Å². The van der Waals surface area contributed by atoms with Crippen LogP contribution in [0.25, 0.3) is 5.76 Å². The van der Waals surface area contributed by atoms with E-state index in [2.05, 4.69) is 4.18 Å². The number of benzene rings is 1. The Bertz CT molecular complexity index is 663. The van der Waals surface area contributed by atoms with Crippen molar-refractivity contribution in [2.75, 3.05) is 0 Å². The summed E-state index contributed by atoms with van der Waals surface area (Å²) in [7, 11) is -5.71. The van der Waals surface area contributed by atoms with E-state index in [-0.39, 0.29) is 22.6 Å². The molecule has 0 fully saturated rings. The topological polar surface area (TPSA) is 52.6 Å². The normalized spacial score (nSPS) is 17.9. The molecule has 0 bridgehead atoms. The molecular weight excluding hydrogens is 321 g/mol. The summed E-state index contributed by atoms with van der Waals surface area (Å²) in [6, 6.07) is 6.14. The van der Waals surface area contributed by atoms with Crippen LogP contribution in [0.5, 0.6) is 5.75 Å². The molecule has 22 heavy (non-hydrogen) atoms. The van der Waals surface area contributed by atoms with Crippen LogP contribution in [0.15, 0.2) is 29.8 Å². The molecule has 4 nitrogen and oxygen atoms in total. The van der Waals surface area contributed by atoms with E-state index in [9.17, 15) is 21.6 Å². The monoisotopic (exact) mass is 338 g/mol. The largest absolute Gasteiger partial charge is 0.534 e. The Kier molecular flexibility index (Phi) is 5.50. The molecule has 1 unspecified atom stereocenters. The molecule has 124 valence electrons. The molecule has 0 spiro atoms. The summed E-state index contributed by atoms with van der Waals surface area (Å²) in [5.74, 6) is -0.0605. The maximum Gasteiger partial charge on any atom is 0.534 e. The molecule has 0 saturated heterocycles. The zero-order valence-corrected chi connectivity index (χ0v) is 13.4. The van der Waals surface area contributed by atoms with Crippen molar-refractivity contribution in [3.63, 3.8) is 0 Å². The van der Waals surface area contributed by atoms with Crippen LogP contribution < -0.4 is 4.74 Å². The second-order valence-electron chi connectivity index (χ2n) is 4.25. The van der Waals surface area contributed by atoms with Crippen molar-refractivity contribution < 1.29 is 30.5 Å². The van der Waals surface area contributed by atoms with Gasteiger partial charge in [0.05, 0.1) is 5.56 Å². The highest BCUT2D eigenvalue weighted by molar-refractivity contribution is 7.87. The first-order chi connectivity index (χ1) is 10.1. The van der Waals surface area contributed by atoms with Crippen molar-refractivity contribution in [2.24, 2.45) is 0 Å². The Labute approximate surface area is 127 Å². The minimum atomic E-state index is -5.71. The van der Waals surface area contributed by atoms with Crippen molar-refractivity contribution in [1.29, 1.82) is 0 Å². The lowest BCUT2D eigenvalue weighted by Crippen LogP contribution is -2.28. The molecule has 0 radical (unpaired) electrons. The van der Waals surface area contributed by atoms with E-state index in [4.69, 9.17) is 4.74 Å². The van der Waals surface area contributed by atoms with Crippen molar-refractivity contribution in [3.8, 4) is 5.75 Å². The molecule has 1 atom stereocenters. The quantitative estimate of drug-likeness (QED) is 0.602. The molecule has 0 aliphatic carbocycles. The van der Waals surface area contributed by atoms with Crippen LogP contribution in [0.1, 0.15) is 33.3 Å². The van der Waals surface area contributed by atoms with Gasteiger partial charge in [0.25, 0.3) is 0 Å². The van der Waals surface area contributed by atoms with E-state index in [0.29, 0.717) is 0 Å². The number of fused-ring (bicyclic) bond motifs is 1. The Morgan fingerprint density at radius 2 is 1.73 bits per heavy atom. The van der Waals surface area contributed by atoms with Crippen LogP contribution in [0.4, 0.5) is 13.2 Å². The highest BCUT2D eigenvalue weighted by Gasteiger charge is 2.49. The average Bonchev–Trinajstić information content (AvgIpc) is 2.44. The first-order valence-corrected chi connectivity index (χ1v) is 8.02. The molecule has 1 heterocycles. The molecule has 1 aliphatic heterocycles. The summed E-state index contributed by atoms with van der Waals surface area (Å²) in [5.41, 5.74) is -5.02. The third-order valence-electron chi connectivity index (χ3n) is 2.88. The Hall–Kier alpha value is -1.70. The maximum absolute atomic E-state index is 12.4. The summed E-state index contributed by atoms with van der Waals surface area (Å²) in [6.45, 7) is 7.05. The molecule has 8 heteroatoms. The van der Waals surface area contributed by atoms with Gasteiger partial charge < -0.3 is 8.92 Å².